The first-order chi connectivity index (χ1) is 16.7. The average Bonchev–Trinajstić information content (AvgIpc) is 3.19. The number of rotatable bonds is 5. The van der Waals surface area contributed by atoms with Crippen LogP contribution < -0.4 is 10.9 Å². The minimum atomic E-state index is -0.526. The van der Waals surface area contributed by atoms with E-state index < -0.39 is 5.91 Å². The van der Waals surface area contributed by atoms with Gasteiger partial charge < -0.3 is 10.3 Å². The van der Waals surface area contributed by atoms with Gasteiger partial charge in [-0.15, -0.1) is 0 Å². The molecular formula is C27H30FN5O2. The zero-order valence-corrected chi connectivity index (χ0v) is 20.3. The highest BCUT2D eigenvalue weighted by molar-refractivity contribution is 5.92. The molecule has 3 aromatic heterocycles. The second-order valence-corrected chi connectivity index (χ2v) is 10.4. The number of hydrogen-bond acceptors (Lipinski definition) is 4. The summed E-state index contributed by atoms with van der Waals surface area (Å²) >= 11 is 0. The van der Waals surface area contributed by atoms with Crippen LogP contribution in [-0.4, -0.2) is 37.8 Å². The molecule has 5 rings (SSSR count). The quantitative estimate of drug-likeness (QED) is 0.452. The highest BCUT2D eigenvalue weighted by atomic mass is 19.1. The molecule has 35 heavy (non-hydrogen) atoms. The number of benzene rings is 1. The number of pyridine rings is 1. The van der Waals surface area contributed by atoms with Crippen LogP contribution in [0.2, 0.25) is 0 Å². The molecular weight excluding hydrogens is 445 g/mol. The number of amides is 1. The highest BCUT2D eigenvalue weighted by Crippen LogP contribution is 2.34. The van der Waals surface area contributed by atoms with Gasteiger partial charge in [0.1, 0.15) is 17.2 Å². The summed E-state index contributed by atoms with van der Waals surface area (Å²) in [4.78, 5) is 35.0. The Morgan fingerprint density at radius 1 is 1.26 bits per heavy atom. The van der Waals surface area contributed by atoms with Crippen molar-refractivity contribution in [1.29, 1.82) is 0 Å². The van der Waals surface area contributed by atoms with Gasteiger partial charge in [0.2, 0.25) is 0 Å². The number of hydrogen-bond donors (Lipinski definition) is 2. The molecule has 0 bridgehead atoms. The monoisotopic (exact) mass is 475 g/mol. The SMILES string of the molecule is CC1CC(C)(C)CCN1Cc1cc2cc(F)c(CNC(=O)c3cc(=O)n4ccccc4n3)cc2[nH]1. The Balaban J connectivity index is 1.30. The van der Waals surface area contributed by atoms with Crippen LogP contribution in [0.3, 0.4) is 0 Å². The molecule has 1 unspecified atom stereocenters. The zero-order valence-electron chi connectivity index (χ0n) is 20.3. The number of aromatic nitrogens is 3. The van der Waals surface area contributed by atoms with E-state index in [9.17, 15) is 14.0 Å². The van der Waals surface area contributed by atoms with Gasteiger partial charge >= 0.3 is 0 Å². The number of H-pyrrole nitrogens is 1. The molecule has 1 amide bonds. The Morgan fingerprint density at radius 3 is 2.89 bits per heavy atom. The predicted molar refractivity (Wildman–Crippen MR) is 134 cm³/mol. The number of carbonyl (C=O) groups is 1. The highest BCUT2D eigenvalue weighted by Gasteiger charge is 2.30. The number of piperidine rings is 1. The van der Waals surface area contributed by atoms with E-state index in [1.54, 1.807) is 30.5 Å². The summed E-state index contributed by atoms with van der Waals surface area (Å²) in [5.74, 6) is -0.912. The van der Waals surface area contributed by atoms with E-state index in [1.807, 2.05) is 6.07 Å². The number of carbonyl (C=O) groups excluding carboxylic acids is 1. The van der Waals surface area contributed by atoms with Gasteiger partial charge in [-0.3, -0.25) is 18.9 Å². The maximum absolute atomic E-state index is 14.8. The average molecular weight is 476 g/mol. The molecule has 1 atom stereocenters. The molecule has 182 valence electrons. The minimum absolute atomic E-state index is 0.00340. The van der Waals surface area contributed by atoms with Gasteiger partial charge in [0.15, 0.2) is 0 Å². The van der Waals surface area contributed by atoms with Gasteiger partial charge in [-0.1, -0.05) is 19.9 Å². The van der Waals surface area contributed by atoms with E-state index >= 15 is 0 Å². The number of halogens is 1. The lowest BCUT2D eigenvalue weighted by Gasteiger charge is -2.41. The molecule has 8 heteroatoms. The Morgan fingerprint density at radius 2 is 2.09 bits per heavy atom. The maximum atomic E-state index is 14.8. The second kappa shape index (κ2) is 8.92. The summed E-state index contributed by atoms with van der Waals surface area (Å²) < 4.78 is 16.2. The first-order valence-electron chi connectivity index (χ1n) is 12.0. The predicted octanol–water partition coefficient (Wildman–Crippen LogP) is 4.26. The molecule has 1 aliphatic rings. The fourth-order valence-corrected chi connectivity index (χ4v) is 5.07. The summed E-state index contributed by atoms with van der Waals surface area (Å²) in [6, 6.07) is 12.0. The van der Waals surface area contributed by atoms with Gasteiger partial charge in [-0.2, -0.15) is 0 Å². The van der Waals surface area contributed by atoms with Gasteiger partial charge in [0.05, 0.1) is 0 Å². The van der Waals surface area contributed by atoms with E-state index in [2.05, 4.69) is 41.0 Å². The van der Waals surface area contributed by atoms with Crippen LogP contribution in [-0.2, 0) is 13.1 Å². The zero-order chi connectivity index (χ0) is 24.7. The molecule has 0 aliphatic carbocycles. The summed E-state index contributed by atoms with van der Waals surface area (Å²) in [6.45, 7) is 8.74. The molecule has 1 aliphatic heterocycles. The summed E-state index contributed by atoms with van der Waals surface area (Å²) in [6.07, 6.45) is 3.91. The second-order valence-electron chi connectivity index (χ2n) is 10.4. The summed E-state index contributed by atoms with van der Waals surface area (Å²) in [5.41, 5.74) is 2.65. The number of aromatic amines is 1. The van der Waals surface area contributed by atoms with E-state index in [4.69, 9.17) is 0 Å². The van der Waals surface area contributed by atoms with Crippen molar-refractivity contribution >= 4 is 22.5 Å². The Kier molecular flexibility index (Phi) is 5.92. The van der Waals surface area contributed by atoms with Crippen LogP contribution in [0.5, 0.6) is 0 Å². The van der Waals surface area contributed by atoms with E-state index in [0.717, 1.165) is 42.5 Å². The molecule has 1 fully saturated rings. The topological polar surface area (TPSA) is 82.5 Å². The molecule has 0 radical (unpaired) electrons. The van der Waals surface area contributed by atoms with Gasteiger partial charge in [-0.05, 0) is 62.1 Å². The largest absolute Gasteiger partial charge is 0.357 e. The smallest absolute Gasteiger partial charge is 0.270 e. The number of fused-ring (bicyclic) bond motifs is 2. The molecule has 0 spiro atoms. The number of nitrogens with zero attached hydrogens (tertiary/aromatic N) is 3. The van der Waals surface area contributed by atoms with Crippen LogP contribution in [0, 0.1) is 11.2 Å². The summed E-state index contributed by atoms with van der Waals surface area (Å²) in [7, 11) is 0. The van der Waals surface area contributed by atoms with Crippen molar-refractivity contribution in [1.82, 2.24) is 24.6 Å². The van der Waals surface area contributed by atoms with E-state index in [-0.39, 0.29) is 23.6 Å². The molecule has 4 aromatic rings. The van der Waals surface area contributed by atoms with Crippen molar-refractivity contribution in [2.24, 2.45) is 5.41 Å². The van der Waals surface area contributed by atoms with Crippen LogP contribution in [0.25, 0.3) is 16.6 Å². The summed E-state index contributed by atoms with van der Waals surface area (Å²) in [5, 5.41) is 3.49. The number of likely N-dealkylation sites (tertiary alicyclic amines) is 1. The van der Waals surface area contributed by atoms with Crippen LogP contribution in [0.4, 0.5) is 4.39 Å². The minimum Gasteiger partial charge on any atom is -0.357 e. The Bertz CT molecular complexity index is 1470. The van der Waals surface area contributed by atoms with Gasteiger partial charge in [-0.25, -0.2) is 9.37 Å². The van der Waals surface area contributed by atoms with Crippen LogP contribution >= 0.6 is 0 Å². The Hall–Kier alpha value is -3.52. The lowest BCUT2D eigenvalue weighted by atomic mass is 9.79. The molecule has 1 saturated heterocycles. The van der Waals surface area contributed by atoms with Crippen molar-refractivity contribution in [2.75, 3.05) is 6.54 Å². The van der Waals surface area contributed by atoms with Crippen molar-refractivity contribution in [3.8, 4) is 0 Å². The third-order valence-corrected chi connectivity index (χ3v) is 7.01. The van der Waals surface area contributed by atoms with Crippen molar-refractivity contribution in [3.05, 3.63) is 81.8 Å². The molecule has 2 N–H and O–H groups in total. The molecule has 0 saturated carbocycles. The first kappa shape index (κ1) is 23.2. The van der Waals surface area contributed by atoms with Crippen molar-refractivity contribution in [3.63, 3.8) is 0 Å². The first-order valence-corrected chi connectivity index (χ1v) is 12.0. The third kappa shape index (κ3) is 4.84. The Labute approximate surface area is 203 Å². The third-order valence-electron chi connectivity index (χ3n) is 7.01. The lowest BCUT2D eigenvalue weighted by Crippen LogP contribution is -2.43. The van der Waals surface area contributed by atoms with Crippen LogP contribution in [0.1, 0.15) is 55.4 Å². The molecule has 7 nitrogen and oxygen atoms in total. The molecule has 1 aromatic carbocycles. The molecule has 4 heterocycles. The number of nitrogens with one attached hydrogen (secondary N) is 2. The van der Waals surface area contributed by atoms with Gasteiger partial charge in [0, 0.05) is 53.6 Å². The normalized spacial score (nSPS) is 18.2. The van der Waals surface area contributed by atoms with E-state index in [1.165, 1.54) is 16.5 Å². The van der Waals surface area contributed by atoms with Crippen LogP contribution in [0.15, 0.2) is 53.5 Å². The fraction of sp³-hybridized carbons (Fsp3) is 0.370. The standard InChI is InChI=1S/C27H30FN5O2/c1-17-14-27(2,3)7-9-32(17)16-20-10-18-11-21(28)19(12-22(18)30-20)15-29-26(35)23-13-25(34)33-8-5-4-6-24(33)31-23/h4-6,8,10-13,17,30H,7,9,14-16H2,1-3H3,(H,29,35). The van der Waals surface area contributed by atoms with Crippen molar-refractivity contribution < 1.29 is 9.18 Å². The van der Waals surface area contributed by atoms with Gasteiger partial charge in [0.25, 0.3) is 11.5 Å². The fourth-order valence-electron chi connectivity index (χ4n) is 5.07. The van der Waals surface area contributed by atoms with E-state index in [0.29, 0.717) is 22.7 Å². The lowest BCUT2D eigenvalue weighted by molar-refractivity contribution is 0.0733. The maximum Gasteiger partial charge on any atom is 0.270 e. The van der Waals surface area contributed by atoms with Crippen molar-refractivity contribution in [2.45, 2.75) is 52.7 Å².